The van der Waals surface area contributed by atoms with Crippen molar-refractivity contribution in [3.8, 4) is 5.75 Å². The molecule has 2 heterocycles. The van der Waals surface area contributed by atoms with Crippen molar-refractivity contribution in [1.29, 1.82) is 0 Å². The van der Waals surface area contributed by atoms with Crippen molar-refractivity contribution >= 4 is 57.2 Å². The number of hydrogen-bond acceptors (Lipinski definition) is 4. The Bertz CT molecular complexity index is 1590. The van der Waals surface area contributed by atoms with Gasteiger partial charge in [-0.25, -0.2) is 0 Å². The molecule has 1 atom stereocenters. The monoisotopic (exact) mass is 520 g/mol. The summed E-state index contributed by atoms with van der Waals surface area (Å²) >= 11 is 12.8. The summed E-state index contributed by atoms with van der Waals surface area (Å²) in [7, 11) is 1.43. The van der Waals surface area contributed by atoms with Gasteiger partial charge in [-0.2, -0.15) is 0 Å². The molecule has 182 valence electrons. The molecule has 1 saturated heterocycles. The summed E-state index contributed by atoms with van der Waals surface area (Å²) in [5.74, 6) is -1.75. The number of aliphatic hydroxyl groups excluding tert-OH is 1. The number of nitrogens with zero attached hydrogens (tertiary/aromatic N) is 1. The Hall–Kier alpha value is -3.74. The molecule has 36 heavy (non-hydrogen) atoms. The van der Waals surface area contributed by atoms with Gasteiger partial charge in [-0.05, 0) is 55.3 Å². The number of benzene rings is 3. The second-order valence-corrected chi connectivity index (χ2v) is 9.53. The van der Waals surface area contributed by atoms with E-state index in [1.54, 1.807) is 36.5 Å². The lowest BCUT2D eigenvalue weighted by Gasteiger charge is -2.25. The first-order valence-corrected chi connectivity index (χ1v) is 12.0. The van der Waals surface area contributed by atoms with Crippen LogP contribution in [0, 0.1) is 13.8 Å². The molecule has 0 radical (unpaired) electrons. The van der Waals surface area contributed by atoms with Crippen molar-refractivity contribution in [3.63, 3.8) is 0 Å². The van der Waals surface area contributed by atoms with Crippen molar-refractivity contribution in [2.24, 2.45) is 0 Å². The number of aromatic nitrogens is 1. The number of amides is 1. The smallest absolute Gasteiger partial charge is 0.300 e. The van der Waals surface area contributed by atoms with Gasteiger partial charge in [0.25, 0.3) is 11.7 Å². The third-order valence-electron chi connectivity index (χ3n) is 6.44. The van der Waals surface area contributed by atoms with Gasteiger partial charge in [0, 0.05) is 33.4 Å². The van der Waals surface area contributed by atoms with Gasteiger partial charge >= 0.3 is 0 Å². The number of Topliss-reactive ketones (excluding diaryl/α,β-unsaturated/α-hetero) is 1. The van der Waals surface area contributed by atoms with Crippen LogP contribution >= 0.6 is 23.2 Å². The van der Waals surface area contributed by atoms with Crippen LogP contribution in [-0.4, -0.2) is 28.9 Å². The number of hydrogen-bond donors (Lipinski definition) is 2. The van der Waals surface area contributed by atoms with E-state index in [9.17, 15) is 14.7 Å². The standard InChI is InChI=1S/C28H22Cl2N2O4/c1-14-10-18(27(36-3)21(30)11-14)25(33)23-24(19-13-31-22-7-5-4-6-17(19)22)32(28(35)26(23)34)16-9-8-15(2)20(29)12-16/h4-13,24,31,33H,1-3H3/b25-23+. The Morgan fingerprint density at radius 2 is 1.78 bits per heavy atom. The van der Waals surface area contributed by atoms with Crippen molar-refractivity contribution in [2.45, 2.75) is 19.9 Å². The Labute approximate surface area is 217 Å². The van der Waals surface area contributed by atoms with Gasteiger partial charge in [-0.3, -0.25) is 14.5 Å². The van der Waals surface area contributed by atoms with E-state index in [4.69, 9.17) is 27.9 Å². The van der Waals surface area contributed by atoms with Crippen molar-refractivity contribution < 1.29 is 19.4 Å². The van der Waals surface area contributed by atoms with Gasteiger partial charge in [-0.1, -0.05) is 47.5 Å². The number of carbonyl (C=O) groups is 2. The van der Waals surface area contributed by atoms with Gasteiger partial charge in [0.1, 0.15) is 11.5 Å². The zero-order chi connectivity index (χ0) is 25.7. The van der Waals surface area contributed by atoms with E-state index in [1.807, 2.05) is 38.1 Å². The van der Waals surface area contributed by atoms with E-state index in [-0.39, 0.29) is 27.7 Å². The second-order valence-electron chi connectivity index (χ2n) is 8.72. The highest BCUT2D eigenvalue weighted by molar-refractivity contribution is 6.52. The highest BCUT2D eigenvalue weighted by Gasteiger charge is 2.48. The first kappa shape index (κ1) is 24.0. The lowest BCUT2D eigenvalue weighted by Crippen LogP contribution is -2.29. The van der Waals surface area contributed by atoms with Crippen molar-refractivity contribution in [1.82, 2.24) is 4.98 Å². The fourth-order valence-electron chi connectivity index (χ4n) is 4.70. The molecule has 0 spiro atoms. The number of nitrogens with one attached hydrogen (secondary N) is 1. The number of fused-ring (bicyclic) bond motifs is 1. The third-order valence-corrected chi connectivity index (χ3v) is 7.13. The van der Waals surface area contributed by atoms with Crippen LogP contribution in [0.15, 0.2) is 66.4 Å². The molecule has 0 bridgehead atoms. The first-order chi connectivity index (χ1) is 17.2. The number of aliphatic hydroxyl groups is 1. The molecule has 1 fully saturated rings. The van der Waals surface area contributed by atoms with Crippen molar-refractivity contribution in [2.75, 3.05) is 12.0 Å². The fraction of sp³-hybridized carbons (Fsp3) is 0.143. The lowest BCUT2D eigenvalue weighted by atomic mass is 9.94. The molecule has 5 rings (SSSR count). The van der Waals surface area contributed by atoms with Gasteiger partial charge in [-0.15, -0.1) is 0 Å². The minimum absolute atomic E-state index is 0.0681. The third kappa shape index (κ3) is 3.74. The van der Waals surface area contributed by atoms with Gasteiger partial charge in [0.15, 0.2) is 0 Å². The predicted molar refractivity (Wildman–Crippen MR) is 142 cm³/mol. The molecule has 1 aliphatic heterocycles. The summed E-state index contributed by atoms with van der Waals surface area (Å²) in [5, 5.41) is 13.1. The van der Waals surface area contributed by atoms with Crippen LogP contribution in [-0.2, 0) is 9.59 Å². The average molecular weight is 521 g/mol. The highest BCUT2D eigenvalue weighted by atomic mass is 35.5. The normalized spacial score (nSPS) is 17.2. The van der Waals surface area contributed by atoms with Crippen LogP contribution in [0.4, 0.5) is 5.69 Å². The molecule has 1 amide bonds. The van der Waals surface area contributed by atoms with Crippen LogP contribution < -0.4 is 9.64 Å². The van der Waals surface area contributed by atoms with Gasteiger partial charge in [0.05, 0.1) is 29.3 Å². The van der Waals surface area contributed by atoms with Gasteiger partial charge < -0.3 is 14.8 Å². The van der Waals surface area contributed by atoms with Gasteiger partial charge in [0.2, 0.25) is 0 Å². The average Bonchev–Trinajstić information content (AvgIpc) is 3.38. The maximum absolute atomic E-state index is 13.5. The number of rotatable bonds is 4. The summed E-state index contributed by atoms with van der Waals surface area (Å²) in [6.45, 7) is 3.66. The van der Waals surface area contributed by atoms with E-state index in [0.717, 1.165) is 22.0 Å². The summed E-state index contributed by atoms with van der Waals surface area (Å²) in [5.41, 5.74) is 3.67. The Morgan fingerprint density at radius 1 is 1.03 bits per heavy atom. The summed E-state index contributed by atoms with van der Waals surface area (Å²) in [6, 6.07) is 15.2. The summed E-state index contributed by atoms with van der Waals surface area (Å²) < 4.78 is 5.45. The zero-order valence-electron chi connectivity index (χ0n) is 19.7. The van der Waals surface area contributed by atoms with E-state index in [2.05, 4.69) is 4.98 Å². The van der Waals surface area contributed by atoms with Crippen LogP contribution in [0.3, 0.4) is 0 Å². The Morgan fingerprint density at radius 3 is 2.50 bits per heavy atom. The van der Waals surface area contributed by atoms with Crippen molar-refractivity contribution in [3.05, 3.63) is 98.7 Å². The maximum Gasteiger partial charge on any atom is 0.300 e. The van der Waals surface area contributed by atoms with Crippen LogP contribution in [0.25, 0.3) is 16.7 Å². The zero-order valence-corrected chi connectivity index (χ0v) is 21.2. The minimum atomic E-state index is -0.927. The van der Waals surface area contributed by atoms with Crippen LogP contribution in [0.1, 0.15) is 28.3 Å². The topological polar surface area (TPSA) is 82.6 Å². The number of halogens is 2. The number of para-hydroxylation sites is 1. The number of anilines is 1. The second kappa shape index (κ2) is 9.04. The predicted octanol–water partition coefficient (Wildman–Crippen LogP) is 6.73. The number of H-pyrrole nitrogens is 1. The molecule has 3 aromatic carbocycles. The van der Waals surface area contributed by atoms with E-state index >= 15 is 0 Å². The molecule has 0 saturated carbocycles. The number of ketones is 1. The lowest BCUT2D eigenvalue weighted by molar-refractivity contribution is -0.132. The van der Waals surface area contributed by atoms with Crippen LogP contribution in [0.2, 0.25) is 10.0 Å². The minimum Gasteiger partial charge on any atom is -0.507 e. The molecule has 1 aliphatic rings. The molecular formula is C28H22Cl2N2O4. The maximum atomic E-state index is 13.5. The fourth-order valence-corrected chi connectivity index (χ4v) is 5.23. The van der Waals surface area contributed by atoms with E-state index in [0.29, 0.717) is 16.3 Å². The van der Waals surface area contributed by atoms with E-state index < -0.39 is 17.7 Å². The molecule has 1 unspecified atom stereocenters. The van der Waals surface area contributed by atoms with Crippen LogP contribution in [0.5, 0.6) is 5.75 Å². The molecule has 4 aromatic rings. The number of aryl methyl sites for hydroxylation is 2. The largest absolute Gasteiger partial charge is 0.507 e. The molecule has 6 nitrogen and oxygen atoms in total. The van der Waals surface area contributed by atoms with E-state index in [1.165, 1.54) is 12.0 Å². The molecule has 0 aliphatic carbocycles. The SMILES string of the molecule is COc1c(Cl)cc(C)cc1/C(O)=C1\C(=O)C(=O)N(c2ccc(C)c(Cl)c2)C1c1c[nH]c2ccccc12. The summed E-state index contributed by atoms with van der Waals surface area (Å²) in [6.07, 6.45) is 1.75. The molecule has 1 aromatic heterocycles. The number of methoxy groups -OCH3 is 1. The number of ether oxygens (including phenoxy) is 1. The Kier molecular flexibility index (Phi) is 6.02. The molecular weight excluding hydrogens is 499 g/mol. The highest BCUT2D eigenvalue weighted by Crippen LogP contribution is 2.46. The first-order valence-electron chi connectivity index (χ1n) is 11.2. The molecule has 2 N–H and O–H groups in total. The number of carbonyl (C=O) groups excluding carboxylic acids is 2. The number of aromatic amines is 1. The molecule has 8 heteroatoms. The summed E-state index contributed by atoms with van der Waals surface area (Å²) in [4.78, 5) is 31.6. The quantitative estimate of drug-likeness (QED) is 0.177. The Balaban J connectivity index is 1.83.